The maximum absolute atomic E-state index is 12.2. The van der Waals surface area contributed by atoms with Crippen molar-refractivity contribution in [3.8, 4) is 11.4 Å². The third kappa shape index (κ3) is 3.55. The number of aromatic nitrogens is 3. The Morgan fingerprint density at radius 2 is 1.70 bits per heavy atom. The van der Waals surface area contributed by atoms with Gasteiger partial charge in [0.15, 0.2) is 0 Å². The van der Waals surface area contributed by atoms with Gasteiger partial charge in [-0.2, -0.15) is 0 Å². The van der Waals surface area contributed by atoms with E-state index >= 15 is 0 Å². The van der Waals surface area contributed by atoms with Crippen LogP contribution in [0.5, 0.6) is 5.75 Å². The zero-order valence-corrected chi connectivity index (χ0v) is 12.6. The molecule has 6 heteroatoms. The molecule has 0 atom stereocenters. The molecular formula is C17H16N4O2. The number of hydrogen-bond acceptors (Lipinski definition) is 4. The quantitative estimate of drug-likeness (QED) is 0.787. The van der Waals surface area contributed by atoms with Crippen LogP contribution in [0.25, 0.3) is 5.69 Å². The van der Waals surface area contributed by atoms with Crippen LogP contribution in [-0.4, -0.2) is 27.3 Å². The third-order valence-electron chi connectivity index (χ3n) is 3.27. The van der Waals surface area contributed by atoms with E-state index in [1.807, 2.05) is 43.3 Å². The predicted octanol–water partition coefficient (Wildman–Crippen LogP) is 2.92. The summed E-state index contributed by atoms with van der Waals surface area (Å²) in [5, 5.41) is 10.4. The number of nitrogens with one attached hydrogen (secondary N) is 1. The van der Waals surface area contributed by atoms with Crippen LogP contribution in [0, 0.1) is 0 Å². The van der Waals surface area contributed by atoms with Crippen LogP contribution < -0.4 is 10.1 Å². The summed E-state index contributed by atoms with van der Waals surface area (Å²) in [6, 6.07) is 14.5. The van der Waals surface area contributed by atoms with Crippen LogP contribution >= 0.6 is 0 Å². The van der Waals surface area contributed by atoms with E-state index in [-0.39, 0.29) is 5.91 Å². The first kappa shape index (κ1) is 14.8. The molecule has 0 saturated heterocycles. The molecule has 3 rings (SSSR count). The molecule has 0 spiro atoms. The number of amides is 1. The number of rotatable bonds is 5. The van der Waals surface area contributed by atoms with Gasteiger partial charge in [0.05, 0.1) is 6.61 Å². The van der Waals surface area contributed by atoms with E-state index in [2.05, 4.69) is 15.5 Å². The molecule has 1 N–H and O–H groups in total. The van der Waals surface area contributed by atoms with E-state index in [0.29, 0.717) is 12.2 Å². The normalized spacial score (nSPS) is 10.3. The Kier molecular flexibility index (Phi) is 4.33. The average molecular weight is 308 g/mol. The highest BCUT2D eigenvalue weighted by Gasteiger charge is 2.06. The highest BCUT2D eigenvalue weighted by molar-refractivity contribution is 6.04. The number of ether oxygens (including phenoxy) is 1. The van der Waals surface area contributed by atoms with Crippen molar-refractivity contribution in [2.24, 2.45) is 0 Å². The second kappa shape index (κ2) is 6.74. The second-order valence-electron chi connectivity index (χ2n) is 4.83. The number of carbonyl (C=O) groups is 1. The Bertz CT molecular complexity index is 765. The zero-order valence-electron chi connectivity index (χ0n) is 12.6. The first-order chi connectivity index (χ1) is 11.3. The van der Waals surface area contributed by atoms with Crippen molar-refractivity contribution in [2.45, 2.75) is 6.92 Å². The summed E-state index contributed by atoms with van der Waals surface area (Å²) in [6.07, 6.45) is 3.21. The molecule has 0 aliphatic heterocycles. The first-order valence-corrected chi connectivity index (χ1v) is 7.25. The lowest BCUT2D eigenvalue weighted by molar-refractivity contribution is 0.102. The first-order valence-electron chi connectivity index (χ1n) is 7.25. The van der Waals surface area contributed by atoms with Crippen LogP contribution in [0.4, 0.5) is 5.69 Å². The van der Waals surface area contributed by atoms with Crippen LogP contribution in [0.3, 0.4) is 0 Å². The van der Waals surface area contributed by atoms with Gasteiger partial charge in [0.25, 0.3) is 5.91 Å². The predicted molar refractivity (Wildman–Crippen MR) is 86.9 cm³/mol. The van der Waals surface area contributed by atoms with Gasteiger partial charge in [-0.1, -0.05) is 0 Å². The fourth-order valence-corrected chi connectivity index (χ4v) is 2.12. The SMILES string of the molecule is CCOc1ccc(NC(=O)c2ccc(-n3cnnc3)cc2)cc1. The van der Waals surface area contributed by atoms with Crippen LogP contribution in [0.1, 0.15) is 17.3 Å². The third-order valence-corrected chi connectivity index (χ3v) is 3.27. The van der Waals surface area contributed by atoms with E-state index in [1.54, 1.807) is 29.4 Å². The lowest BCUT2D eigenvalue weighted by Crippen LogP contribution is -2.11. The molecule has 23 heavy (non-hydrogen) atoms. The van der Waals surface area contributed by atoms with Crippen LogP contribution in [-0.2, 0) is 0 Å². The molecule has 3 aromatic rings. The minimum absolute atomic E-state index is 0.163. The van der Waals surface area contributed by atoms with Gasteiger partial charge in [-0.3, -0.25) is 9.36 Å². The fourth-order valence-electron chi connectivity index (χ4n) is 2.12. The minimum atomic E-state index is -0.163. The molecule has 0 aliphatic carbocycles. The van der Waals surface area contributed by atoms with Gasteiger partial charge < -0.3 is 10.1 Å². The summed E-state index contributed by atoms with van der Waals surface area (Å²) < 4.78 is 7.15. The summed E-state index contributed by atoms with van der Waals surface area (Å²) >= 11 is 0. The standard InChI is InChI=1S/C17H16N4O2/c1-2-23-16-9-5-14(6-10-16)20-17(22)13-3-7-15(8-4-13)21-11-18-19-12-21/h3-12H,2H2,1H3,(H,20,22). The lowest BCUT2D eigenvalue weighted by Gasteiger charge is -2.08. The summed E-state index contributed by atoms with van der Waals surface area (Å²) in [7, 11) is 0. The molecule has 6 nitrogen and oxygen atoms in total. The van der Waals surface area contributed by atoms with Gasteiger partial charge in [-0.25, -0.2) is 0 Å². The van der Waals surface area contributed by atoms with E-state index in [0.717, 1.165) is 17.1 Å². The highest BCUT2D eigenvalue weighted by atomic mass is 16.5. The molecule has 116 valence electrons. The number of carbonyl (C=O) groups excluding carboxylic acids is 1. The van der Waals surface area contributed by atoms with Gasteiger partial charge in [-0.15, -0.1) is 10.2 Å². The van der Waals surface area contributed by atoms with Crippen LogP contribution in [0.2, 0.25) is 0 Å². The van der Waals surface area contributed by atoms with E-state index in [1.165, 1.54) is 0 Å². The second-order valence-corrected chi connectivity index (χ2v) is 4.83. The smallest absolute Gasteiger partial charge is 0.255 e. The number of benzene rings is 2. The lowest BCUT2D eigenvalue weighted by atomic mass is 10.2. The molecule has 0 radical (unpaired) electrons. The summed E-state index contributed by atoms with van der Waals surface area (Å²) in [5.41, 5.74) is 2.20. The van der Waals surface area contributed by atoms with Crippen molar-refractivity contribution in [3.05, 3.63) is 66.7 Å². The molecule has 0 aliphatic rings. The Hall–Kier alpha value is -3.15. The van der Waals surface area contributed by atoms with Crippen molar-refractivity contribution in [2.75, 3.05) is 11.9 Å². The Balaban J connectivity index is 1.68. The van der Waals surface area contributed by atoms with E-state index < -0.39 is 0 Å². The average Bonchev–Trinajstić information content (AvgIpc) is 3.11. The zero-order chi connectivity index (χ0) is 16.1. The van der Waals surface area contributed by atoms with Gasteiger partial charge in [-0.05, 0) is 55.5 Å². The maximum Gasteiger partial charge on any atom is 0.255 e. The summed E-state index contributed by atoms with van der Waals surface area (Å²) in [4.78, 5) is 12.2. The molecule has 1 amide bonds. The van der Waals surface area contributed by atoms with E-state index in [9.17, 15) is 4.79 Å². The van der Waals surface area contributed by atoms with Crippen molar-refractivity contribution >= 4 is 11.6 Å². The highest BCUT2D eigenvalue weighted by Crippen LogP contribution is 2.17. The van der Waals surface area contributed by atoms with Gasteiger partial charge >= 0.3 is 0 Å². The topological polar surface area (TPSA) is 69.0 Å². The van der Waals surface area contributed by atoms with Crippen molar-refractivity contribution < 1.29 is 9.53 Å². The molecule has 2 aromatic carbocycles. The fraction of sp³-hybridized carbons (Fsp3) is 0.118. The molecule has 0 fully saturated rings. The molecule has 0 bridgehead atoms. The monoisotopic (exact) mass is 308 g/mol. The van der Waals surface area contributed by atoms with Crippen molar-refractivity contribution in [3.63, 3.8) is 0 Å². The molecule has 1 aromatic heterocycles. The Morgan fingerprint density at radius 1 is 1.04 bits per heavy atom. The Morgan fingerprint density at radius 3 is 2.30 bits per heavy atom. The number of nitrogens with zero attached hydrogens (tertiary/aromatic N) is 3. The molecule has 1 heterocycles. The molecular weight excluding hydrogens is 292 g/mol. The number of hydrogen-bond donors (Lipinski definition) is 1. The van der Waals surface area contributed by atoms with Gasteiger partial charge in [0.1, 0.15) is 18.4 Å². The Labute approximate surface area is 133 Å². The van der Waals surface area contributed by atoms with E-state index in [4.69, 9.17) is 4.74 Å². The molecule has 0 saturated carbocycles. The number of anilines is 1. The van der Waals surface area contributed by atoms with Gasteiger partial charge in [0.2, 0.25) is 0 Å². The van der Waals surface area contributed by atoms with Crippen molar-refractivity contribution in [1.82, 2.24) is 14.8 Å². The van der Waals surface area contributed by atoms with Crippen LogP contribution in [0.15, 0.2) is 61.2 Å². The molecule has 0 unspecified atom stereocenters. The maximum atomic E-state index is 12.2. The van der Waals surface area contributed by atoms with Crippen molar-refractivity contribution in [1.29, 1.82) is 0 Å². The largest absolute Gasteiger partial charge is 0.494 e. The van der Waals surface area contributed by atoms with Gasteiger partial charge in [0, 0.05) is 16.9 Å². The minimum Gasteiger partial charge on any atom is -0.494 e. The summed E-state index contributed by atoms with van der Waals surface area (Å²) in [6.45, 7) is 2.55. The summed E-state index contributed by atoms with van der Waals surface area (Å²) in [5.74, 6) is 0.619.